The van der Waals surface area contributed by atoms with Crippen LogP contribution >= 0.6 is 11.3 Å². The van der Waals surface area contributed by atoms with Crippen LogP contribution in [0.4, 0.5) is 5.69 Å². The standard InChI is InChI=1S/C14H14N4OS/c1-6-20-14(15-1)11-7-10(18-2-4-19-5-3-18)8-12-13(11)17-9-16-12/h1,6-9H,2-5H2,(H,16,17). The summed E-state index contributed by atoms with van der Waals surface area (Å²) < 4.78 is 5.42. The zero-order valence-corrected chi connectivity index (χ0v) is 11.7. The number of H-pyrrole nitrogens is 1. The number of thiazole rings is 1. The molecular formula is C14H14N4OS. The van der Waals surface area contributed by atoms with Gasteiger partial charge in [-0.05, 0) is 12.1 Å². The van der Waals surface area contributed by atoms with Crippen LogP contribution < -0.4 is 4.90 Å². The molecule has 0 aliphatic carbocycles. The Balaban J connectivity index is 1.86. The fourth-order valence-corrected chi connectivity index (χ4v) is 3.21. The Morgan fingerprint density at radius 3 is 2.90 bits per heavy atom. The number of anilines is 1. The van der Waals surface area contributed by atoms with Gasteiger partial charge in [-0.15, -0.1) is 11.3 Å². The molecule has 3 heterocycles. The van der Waals surface area contributed by atoms with E-state index in [1.54, 1.807) is 17.7 Å². The van der Waals surface area contributed by atoms with E-state index < -0.39 is 0 Å². The number of aromatic nitrogens is 3. The fourth-order valence-electron chi connectivity index (χ4n) is 2.56. The second-order valence-corrected chi connectivity index (χ2v) is 5.62. The van der Waals surface area contributed by atoms with E-state index in [0.29, 0.717) is 0 Å². The summed E-state index contributed by atoms with van der Waals surface area (Å²) in [4.78, 5) is 14.4. The predicted octanol–water partition coefficient (Wildman–Crippen LogP) is 2.52. The van der Waals surface area contributed by atoms with Gasteiger partial charge in [-0.3, -0.25) is 0 Å². The Morgan fingerprint density at radius 2 is 2.10 bits per heavy atom. The third kappa shape index (κ3) is 1.97. The first-order valence-corrected chi connectivity index (χ1v) is 7.49. The maximum Gasteiger partial charge on any atom is 0.125 e. The van der Waals surface area contributed by atoms with Gasteiger partial charge in [-0.2, -0.15) is 0 Å². The number of ether oxygens (including phenoxy) is 1. The van der Waals surface area contributed by atoms with E-state index in [1.807, 2.05) is 11.6 Å². The highest BCUT2D eigenvalue weighted by Gasteiger charge is 2.16. The lowest BCUT2D eigenvalue weighted by atomic mass is 10.1. The number of morpholine rings is 1. The molecule has 1 aliphatic rings. The molecule has 6 heteroatoms. The first-order chi connectivity index (χ1) is 9.92. The van der Waals surface area contributed by atoms with Crippen molar-refractivity contribution in [2.24, 2.45) is 0 Å². The van der Waals surface area contributed by atoms with Crippen LogP contribution in [0.3, 0.4) is 0 Å². The molecule has 0 atom stereocenters. The van der Waals surface area contributed by atoms with E-state index in [9.17, 15) is 0 Å². The van der Waals surface area contributed by atoms with Crippen LogP contribution in [0.2, 0.25) is 0 Å². The highest BCUT2D eigenvalue weighted by molar-refractivity contribution is 7.13. The predicted molar refractivity (Wildman–Crippen MR) is 80.2 cm³/mol. The number of imidazole rings is 1. The normalized spacial score (nSPS) is 15.9. The molecule has 102 valence electrons. The molecule has 3 aromatic rings. The average Bonchev–Trinajstić information content (AvgIpc) is 3.18. The van der Waals surface area contributed by atoms with Crippen LogP contribution in [0, 0.1) is 0 Å². The van der Waals surface area contributed by atoms with Crippen LogP contribution in [-0.4, -0.2) is 41.3 Å². The van der Waals surface area contributed by atoms with Gasteiger partial charge in [-0.25, -0.2) is 9.97 Å². The monoisotopic (exact) mass is 286 g/mol. The smallest absolute Gasteiger partial charge is 0.125 e. The summed E-state index contributed by atoms with van der Waals surface area (Å²) in [5.41, 5.74) is 4.34. The summed E-state index contributed by atoms with van der Waals surface area (Å²) in [5.74, 6) is 0. The number of fused-ring (bicyclic) bond motifs is 1. The van der Waals surface area contributed by atoms with Crippen molar-refractivity contribution in [2.45, 2.75) is 0 Å². The van der Waals surface area contributed by atoms with E-state index in [2.05, 4.69) is 32.0 Å². The van der Waals surface area contributed by atoms with Crippen molar-refractivity contribution in [3.05, 3.63) is 30.0 Å². The third-order valence-corrected chi connectivity index (χ3v) is 4.35. The number of nitrogens with zero attached hydrogens (tertiary/aromatic N) is 3. The molecule has 0 spiro atoms. The molecule has 0 bridgehead atoms. The molecule has 0 amide bonds. The summed E-state index contributed by atoms with van der Waals surface area (Å²) in [6.07, 6.45) is 3.57. The van der Waals surface area contributed by atoms with Crippen molar-refractivity contribution in [3.8, 4) is 10.6 Å². The first kappa shape index (κ1) is 11.9. The molecule has 1 fully saturated rings. The maximum atomic E-state index is 5.42. The Morgan fingerprint density at radius 1 is 1.20 bits per heavy atom. The Bertz CT molecular complexity index is 716. The van der Waals surface area contributed by atoms with Gasteiger partial charge in [0.25, 0.3) is 0 Å². The minimum absolute atomic E-state index is 0.785. The zero-order chi connectivity index (χ0) is 13.4. The first-order valence-electron chi connectivity index (χ1n) is 6.61. The van der Waals surface area contributed by atoms with Crippen LogP contribution in [0.1, 0.15) is 0 Å². The van der Waals surface area contributed by atoms with E-state index in [-0.39, 0.29) is 0 Å². The van der Waals surface area contributed by atoms with Crippen molar-refractivity contribution >= 4 is 28.1 Å². The van der Waals surface area contributed by atoms with Crippen molar-refractivity contribution in [3.63, 3.8) is 0 Å². The highest BCUT2D eigenvalue weighted by atomic mass is 32.1. The Labute approximate surface area is 120 Å². The van der Waals surface area contributed by atoms with Crippen molar-refractivity contribution < 1.29 is 4.74 Å². The van der Waals surface area contributed by atoms with Gasteiger partial charge in [0.15, 0.2) is 0 Å². The van der Waals surface area contributed by atoms with Gasteiger partial charge in [0.2, 0.25) is 0 Å². The van der Waals surface area contributed by atoms with Crippen molar-refractivity contribution in [1.29, 1.82) is 0 Å². The van der Waals surface area contributed by atoms with Crippen LogP contribution in [0.25, 0.3) is 21.6 Å². The number of hydrogen-bond donors (Lipinski definition) is 1. The van der Waals surface area contributed by atoms with Gasteiger partial charge in [0.1, 0.15) is 5.01 Å². The molecule has 0 radical (unpaired) electrons. The second-order valence-electron chi connectivity index (χ2n) is 4.73. The Kier molecular flexibility index (Phi) is 2.90. The number of hydrogen-bond acceptors (Lipinski definition) is 5. The highest BCUT2D eigenvalue weighted by Crippen LogP contribution is 2.33. The average molecular weight is 286 g/mol. The molecular weight excluding hydrogens is 272 g/mol. The number of nitrogens with one attached hydrogen (secondary N) is 1. The molecule has 5 nitrogen and oxygen atoms in total. The third-order valence-electron chi connectivity index (χ3n) is 3.55. The SMILES string of the molecule is c1csc(-c2cc(N3CCOCC3)cc3[nH]cnc23)n1. The lowest BCUT2D eigenvalue weighted by Crippen LogP contribution is -2.36. The van der Waals surface area contributed by atoms with Gasteiger partial charge in [-0.1, -0.05) is 0 Å². The van der Waals surface area contributed by atoms with Crippen LogP contribution in [0.5, 0.6) is 0 Å². The number of rotatable bonds is 2. The number of benzene rings is 1. The largest absolute Gasteiger partial charge is 0.378 e. The molecule has 1 N–H and O–H groups in total. The lowest BCUT2D eigenvalue weighted by Gasteiger charge is -2.29. The van der Waals surface area contributed by atoms with Gasteiger partial charge in [0, 0.05) is 35.9 Å². The van der Waals surface area contributed by atoms with Crippen LogP contribution in [-0.2, 0) is 4.74 Å². The molecule has 1 aromatic carbocycles. The van der Waals surface area contributed by atoms with E-state index in [4.69, 9.17) is 4.74 Å². The molecule has 0 unspecified atom stereocenters. The van der Waals surface area contributed by atoms with Gasteiger partial charge < -0.3 is 14.6 Å². The van der Waals surface area contributed by atoms with Gasteiger partial charge in [0.05, 0.1) is 30.6 Å². The second kappa shape index (κ2) is 4.88. The van der Waals surface area contributed by atoms with Crippen molar-refractivity contribution in [1.82, 2.24) is 15.0 Å². The summed E-state index contributed by atoms with van der Waals surface area (Å²) >= 11 is 1.64. The summed E-state index contributed by atoms with van der Waals surface area (Å²) in [5, 5.41) is 3.01. The van der Waals surface area contributed by atoms with E-state index in [1.165, 1.54) is 5.69 Å². The molecule has 4 rings (SSSR count). The Hall–Kier alpha value is -1.92. The number of aromatic amines is 1. The maximum absolute atomic E-state index is 5.42. The quantitative estimate of drug-likeness (QED) is 0.786. The molecule has 0 saturated carbocycles. The topological polar surface area (TPSA) is 54.0 Å². The fraction of sp³-hybridized carbons (Fsp3) is 0.286. The van der Waals surface area contributed by atoms with Crippen molar-refractivity contribution in [2.75, 3.05) is 31.2 Å². The molecule has 1 saturated heterocycles. The van der Waals surface area contributed by atoms with Gasteiger partial charge >= 0.3 is 0 Å². The zero-order valence-electron chi connectivity index (χ0n) is 10.9. The molecule has 1 aliphatic heterocycles. The molecule has 2 aromatic heterocycles. The van der Waals surface area contributed by atoms with E-state index in [0.717, 1.165) is 47.9 Å². The molecule has 20 heavy (non-hydrogen) atoms. The van der Waals surface area contributed by atoms with Crippen LogP contribution in [0.15, 0.2) is 30.0 Å². The summed E-state index contributed by atoms with van der Waals surface area (Å²) in [6, 6.07) is 4.35. The lowest BCUT2D eigenvalue weighted by molar-refractivity contribution is 0.122. The minimum Gasteiger partial charge on any atom is -0.378 e. The van der Waals surface area contributed by atoms with E-state index >= 15 is 0 Å². The summed E-state index contributed by atoms with van der Waals surface area (Å²) in [6.45, 7) is 3.43. The summed E-state index contributed by atoms with van der Waals surface area (Å²) in [7, 11) is 0. The minimum atomic E-state index is 0.785.